The SMILES string of the molecule is CCC(C)C(=O)C1=C(OC)C(C)(O)C(=O)C(C)=C1OC. The molecule has 0 heterocycles. The number of hydrogen-bond acceptors (Lipinski definition) is 5. The molecule has 0 amide bonds. The lowest BCUT2D eigenvalue weighted by Gasteiger charge is -2.32. The molecule has 0 saturated carbocycles. The lowest BCUT2D eigenvalue weighted by molar-refractivity contribution is -0.132. The monoisotopic (exact) mass is 282 g/mol. The molecular formula is C15H22O5. The topological polar surface area (TPSA) is 72.8 Å². The summed E-state index contributed by atoms with van der Waals surface area (Å²) in [7, 11) is 2.72. The Morgan fingerprint density at radius 3 is 2.30 bits per heavy atom. The molecule has 20 heavy (non-hydrogen) atoms. The van der Waals surface area contributed by atoms with E-state index in [1.807, 2.05) is 6.92 Å². The summed E-state index contributed by atoms with van der Waals surface area (Å²) in [6.45, 7) is 6.54. The molecule has 1 rings (SSSR count). The minimum Gasteiger partial charge on any atom is -0.497 e. The van der Waals surface area contributed by atoms with Gasteiger partial charge in [-0.2, -0.15) is 0 Å². The van der Waals surface area contributed by atoms with Crippen molar-refractivity contribution in [3.8, 4) is 0 Å². The summed E-state index contributed by atoms with van der Waals surface area (Å²) in [5.74, 6) is -0.837. The van der Waals surface area contributed by atoms with Crippen molar-refractivity contribution in [2.75, 3.05) is 14.2 Å². The standard InChI is InChI=1S/C15H22O5/c1-7-8(2)11(16)10-12(19-5)9(3)13(17)15(4,18)14(10)20-6/h8,18H,7H2,1-6H3. The Kier molecular flexibility index (Phi) is 4.76. The number of ketones is 2. The zero-order chi connectivity index (χ0) is 15.7. The van der Waals surface area contributed by atoms with Gasteiger partial charge in [0.2, 0.25) is 5.78 Å². The minimum absolute atomic E-state index is 0.0461. The first-order chi connectivity index (χ1) is 9.23. The Morgan fingerprint density at radius 2 is 1.90 bits per heavy atom. The largest absolute Gasteiger partial charge is 0.497 e. The van der Waals surface area contributed by atoms with Crippen LogP contribution < -0.4 is 0 Å². The summed E-state index contributed by atoms with van der Waals surface area (Å²) in [5.41, 5.74) is -1.46. The number of allylic oxidation sites excluding steroid dienone is 1. The average molecular weight is 282 g/mol. The van der Waals surface area contributed by atoms with E-state index in [1.54, 1.807) is 6.92 Å². The van der Waals surface area contributed by atoms with Crippen LogP contribution in [0.25, 0.3) is 0 Å². The van der Waals surface area contributed by atoms with Crippen LogP contribution in [0, 0.1) is 5.92 Å². The van der Waals surface area contributed by atoms with Crippen LogP contribution in [0.4, 0.5) is 0 Å². The number of rotatable bonds is 5. The van der Waals surface area contributed by atoms with Crippen LogP contribution in [0.5, 0.6) is 0 Å². The van der Waals surface area contributed by atoms with E-state index < -0.39 is 11.4 Å². The lowest BCUT2D eigenvalue weighted by Crippen LogP contribution is -2.44. The molecule has 0 bridgehead atoms. The van der Waals surface area contributed by atoms with Crippen LogP contribution in [-0.4, -0.2) is 36.5 Å². The second-order valence-electron chi connectivity index (χ2n) is 5.14. The molecule has 0 spiro atoms. The first-order valence-electron chi connectivity index (χ1n) is 6.59. The van der Waals surface area contributed by atoms with E-state index in [0.29, 0.717) is 6.42 Å². The maximum absolute atomic E-state index is 12.5. The molecule has 2 unspecified atom stereocenters. The van der Waals surface area contributed by atoms with Gasteiger partial charge in [-0.05, 0) is 20.3 Å². The molecule has 5 heteroatoms. The van der Waals surface area contributed by atoms with E-state index in [9.17, 15) is 14.7 Å². The molecule has 0 fully saturated rings. The van der Waals surface area contributed by atoms with Gasteiger partial charge < -0.3 is 14.6 Å². The van der Waals surface area contributed by atoms with Gasteiger partial charge in [0, 0.05) is 11.5 Å². The van der Waals surface area contributed by atoms with Gasteiger partial charge in [0.25, 0.3) is 0 Å². The quantitative estimate of drug-likeness (QED) is 0.831. The van der Waals surface area contributed by atoms with Crippen LogP contribution in [0.2, 0.25) is 0 Å². The maximum Gasteiger partial charge on any atom is 0.201 e. The van der Waals surface area contributed by atoms with E-state index in [4.69, 9.17) is 9.47 Å². The molecular weight excluding hydrogens is 260 g/mol. The van der Waals surface area contributed by atoms with Gasteiger partial charge in [-0.3, -0.25) is 9.59 Å². The van der Waals surface area contributed by atoms with Crippen molar-refractivity contribution >= 4 is 11.6 Å². The van der Waals surface area contributed by atoms with Crippen molar-refractivity contribution in [1.82, 2.24) is 0 Å². The Bertz CT molecular complexity index is 496. The van der Waals surface area contributed by atoms with Crippen LogP contribution in [0.3, 0.4) is 0 Å². The molecule has 1 aliphatic carbocycles. The molecule has 112 valence electrons. The van der Waals surface area contributed by atoms with Crippen LogP contribution in [0.15, 0.2) is 22.7 Å². The molecule has 5 nitrogen and oxygen atoms in total. The molecule has 1 N–H and O–H groups in total. The molecule has 1 aliphatic rings. The first-order valence-corrected chi connectivity index (χ1v) is 6.59. The number of Topliss-reactive ketones (excluding diaryl/α,β-unsaturated/α-hetero) is 2. The number of ether oxygens (including phenoxy) is 2. The zero-order valence-corrected chi connectivity index (χ0v) is 12.9. The second-order valence-corrected chi connectivity index (χ2v) is 5.14. The molecule has 0 aromatic rings. The van der Waals surface area contributed by atoms with Gasteiger partial charge in [0.15, 0.2) is 11.4 Å². The first kappa shape index (κ1) is 16.4. The molecule has 0 saturated heterocycles. The summed E-state index contributed by atoms with van der Waals surface area (Å²) in [4.78, 5) is 24.7. The smallest absolute Gasteiger partial charge is 0.201 e. The third-order valence-corrected chi connectivity index (χ3v) is 3.73. The Morgan fingerprint density at radius 1 is 1.35 bits per heavy atom. The summed E-state index contributed by atoms with van der Waals surface area (Å²) >= 11 is 0. The van der Waals surface area contributed by atoms with Crippen molar-refractivity contribution in [2.45, 2.75) is 39.7 Å². The van der Waals surface area contributed by atoms with Gasteiger partial charge in [0.1, 0.15) is 17.1 Å². The van der Waals surface area contributed by atoms with Gasteiger partial charge >= 0.3 is 0 Å². The molecule has 0 aliphatic heterocycles. The fourth-order valence-corrected chi connectivity index (χ4v) is 2.32. The van der Waals surface area contributed by atoms with E-state index in [1.165, 1.54) is 28.1 Å². The average Bonchev–Trinajstić information content (AvgIpc) is 2.42. The zero-order valence-electron chi connectivity index (χ0n) is 12.9. The highest BCUT2D eigenvalue weighted by atomic mass is 16.5. The van der Waals surface area contributed by atoms with Crippen molar-refractivity contribution < 1.29 is 24.2 Å². The van der Waals surface area contributed by atoms with Crippen LogP contribution in [0.1, 0.15) is 34.1 Å². The van der Waals surface area contributed by atoms with Crippen LogP contribution >= 0.6 is 0 Å². The minimum atomic E-state index is -1.85. The number of aliphatic hydroxyl groups is 1. The highest BCUT2D eigenvalue weighted by Gasteiger charge is 2.47. The maximum atomic E-state index is 12.5. The van der Waals surface area contributed by atoms with E-state index in [2.05, 4.69) is 0 Å². The van der Waals surface area contributed by atoms with Crippen molar-refractivity contribution in [1.29, 1.82) is 0 Å². The van der Waals surface area contributed by atoms with Crippen molar-refractivity contribution in [3.63, 3.8) is 0 Å². The number of carbonyl (C=O) groups excluding carboxylic acids is 2. The number of methoxy groups -OCH3 is 2. The molecule has 2 atom stereocenters. The van der Waals surface area contributed by atoms with Crippen molar-refractivity contribution in [2.24, 2.45) is 5.92 Å². The highest BCUT2D eigenvalue weighted by Crippen LogP contribution is 2.37. The predicted octanol–water partition coefficient (Wildman–Crippen LogP) is 1.76. The Labute approximate surface area is 119 Å². The summed E-state index contributed by atoms with van der Waals surface area (Å²) in [6, 6.07) is 0. The van der Waals surface area contributed by atoms with E-state index >= 15 is 0 Å². The second kappa shape index (κ2) is 5.79. The number of hydrogen-bond donors (Lipinski definition) is 1. The highest BCUT2D eigenvalue weighted by molar-refractivity contribution is 6.12. The summed E-state index contributed by atoms with van der Waals surface area (Å²) in [5, 5.41) is 10.4. The predicted molar refractivity (Wildman–Crippen MR) is 73.8 cm³/mol. The van der Waals surface area contributed by atoms with Gasteiger partial charge in [-0.15, -0.1) is 0 Å². The Balaban J connectivity index is 3.60. The third kappa shape index (κ3) is 2.38. The van der Waals surface area contributed by atoms with Gasteiger partial charge in [-0.1, -0.05) is 13.8 Å². The lowest BCUT2D eigenvalue weighted by atomic mass is 9.80. The van der Waals surface area contributed by atoms with Crippen LogP contribution in [-0.2, 0) is 19.1 Å². The van der Waals surface area contributed by atoms with E-state index in [-0.39, 0.29) is 34.4 Å². The number of carbonyl (C=O) groups is 2. The molecule has 0 aromatic carbocycles. The fourth-order valence-electron chi connectivity index (χ4n) is 2.32. The molecule has 0 radical (unpaired) electrons. The van der Waals surface area contributed by atoms with Gasteiger partial charge in [-0.25, -0.2) is 0 Å². The fraction of sp³-hybridized carbons (Fsp3) is 0.600. The van der Waals surface area contributed by atoms with Crippen molar-refractivity contribution in [3.05, 3.63) is 22.7 Å². The molecule has 0 aromatic heterocycles. The normalized spacial score (nSPS) is 24.9. The third-order valence-electron chi connectivity index (χ3n) is 3.73. The van der Waals surface area contributed by atoms with Gasteiger partial charge in [0.05, 0.1) is 14.2 Å². The summed E-state index contributed by atoms with van der Waals surface area (Å²) < 4.78 is 10.4. The van der Waals surface area contributed by atoms with E-state index in [0.717, 1.165) is 0 Å². The summed E-state index contributed by atoms with van der Waals surface area (Å²) in [6.07, 6.45) is 0.644. The Hall–Kier alpha value is -1.62.